The quantitative estimate of drug-likeness (QED) is 0.734. The molecule has 138 valence electrons. The van der Waals surface area contributed by atoms with Crippen LogP contribution < -0.4 is 14.8 Å². The standard InChI is InChI=1S/C20H23NO5/c1-4-24-16-8-10-17(11-9-16)25-13-19(23)26-12-18(22)21-20-14(2)6-5-7-15(20)3/h5-11H,4,12-13H2,1-3H3,(H,21,22). The predicted molar refractivity (Wildman–Crippen MR) is 98.6 cm³/mol. The molecule has 0 saturated heterocycles. The maximum Gasteiger partial charge on any atom is 0.344 e. The van der Waals surface area contributed by atoms with E-state index in [-0.39, 0.29) is 13.2 Å². The highest BCUT2D eigenvalue weighted by Gasteiger charge is 2.11. The molecule has 2 aromatic carbocycles. The average Bonchev–Trinajstić information content (AvgIpc) is 2.63. The Morgan fingerprint density at radius 3 is 2.04 bits per heavy atom. The van der Waals surface area contributed by atoms with Gasteiger partial charge in [-0.2, -0.15) is 0 Å². The van der Waals surface area contributed by atoms with Crippen LogP contribution in [-0.2, 0) is 14.3 Å². The van der Waals surface area contributed by atoms with Crippen LogP contribution in [0.1, 0.15) is 18.1 Å². The second-order valence-electron chi connectivity index (χ2n) is 5.67. The van der Waals surface area contributed by atoms with Crippen LogP contribution in [0.15, 0.2) is 42.5 Å². The molecule has 0 aliphatic carbocycles. The van der Waals surface area contributed by atoms with E-state index in [0.29, 0.717) is 12.4 Å². The van der Waals surface area contributed by atoms with Crippen molar-refractivity contribution in [1.29, 1.82) is 0 Å². The monoisotopic (exact) mass is 357 g/mol. The first-order valence-electron chi connectivity index (χ1n) is 8.37. The number of carbonyl (C=O) groups excluding carboxylic acids is 2. The van der Waals surface area contributed by atoms with Gasteiger partial charge in [0, 0.05) is 5.69 Å². The van der Waals surface area contributed by atoms with E-state index >= 15 is 0 Å². The Labute approximate surface area is 153 Å². The van der Waals surface area contributed by atoms with E-state index in [1.807, 2.05) is 39.0 Å². The number of para-hydroxylation sites is 1. The lowest BCUT2D eigenvalue weighted by molar-refractivity contribution is -0.149. The van der Waals surface area contributed by atoms with Crippen LogP contribution in [0.5, 0.6) is 11.5 Å². The normalized spacial score (nSPS) is 10.1. The number of hydrogen-bond donors (Lipinski definition) is 1. The number of rotatable bonds is 8. The van der Waals surface area contributed by atoms with E-state index < -0.39 is 11.9 Å². The third-order valence-electron chi connectivity index (χ3n) is 3.60. The molecule has 0 fully saturated rings. The van der Waals surface area contributed by atoms with Crippen molar-refractivity contribution in [2.75, 3.05) is 25.1 Å². The molecule has 0 spiro atoms. The smallest absolute Gasteiger partial charge is 0.344 e. The average molecular weight is 357 g/mol. The zero-order chi connectivity index (χ0) is 18.9. The fraction of sp³-hybridized carbons (Fsp3) is 0.300. The lowest BCUT2D eigenvalue weighted by Crippen LogP contribution is -2.24. The summed E-state index contributed by atoms with van der Waals surface area (Å²) in [4.78, 5) is 23.7. The van der Waals surface area contributed by atoms with Gasteiger partial charge in [0.05, 0.1) is 6.61 Å². The van der Waals surface area contributed by atoms with Gasteiger partial charge in [-0.15, -0.1) is 0 Å². The number of ether oxygens (including phenoxy) is 3. The molecule has 6 nitrogen and oxygen atoms in total. The molecule has 1 amide bonds. The van der Waals surface area contributed by atoms with E-state index in [1.54, 1.807) is 24.3 Å². The number of hydrogen-bond acceptors (Lipinski definition) is 5. The number of aryl methyl sites for hydroxylation is 2. The summed E-state index contributed by atoms with van der Waals surface area (Å²) < 4.78 is 15.6. The van der Waals surface area contributed by atoms with Crippen molar-refractivity contribution in [3.63, 3.8) is 0 Å². The summed E-state index contributed by atoms with van der Waals surface area (Å²) in [6.07, 6.45) is 0. The maximum absolute atomic E-state index is 12.0. The van der Waals surface area contributed by atoms with Crippen molar-refractivity contribution in [3.05, 3.63) is 53.6 Å². The number of benzene rings is 2. The first-order chi connectivity index (χ1) is 12.5. The minimum absolute atomic E-state index is 0.273. The van der Waals surface area contributed by atoms with Gasteiger partial charge in [-0.05, 0) is 56.2 Å². The number of carbonyl (C=O) groups is 2. The highest BCUT2D eigenvalue weighted by atomic mass is 16.6. The summed E-state index contributed by atoms with van der Waals surface area (Å²) in [7, 11) is 0. The van der Waals surface area contributed by atoms with E-state index in [4.69, 9.17) is 14.2 Å². The topological polar surface area (TPSA) is 73.9 Å². The molecule has 6 heteroatoms. The SMILES string of the molecule is CCOc1ccc(OCC(=O)OCC(=O)Nc2c(C)cccc2C)cc1. The van der Waals surface area contributed by atoms with Gasteiger partial charge in [0.2, 0.25) is 0 Å². The van der Waals surface area contributed by atoms with E-state index in [2.05, 4.69) is 5.32 Å². The van der Waals surface area contributed by atoms with Crippen LogP contribution in [0.25, 0.3) is 0 Å². The predicted octanol–water partition coefficient (Wildman–Crippen LogP) is 3.26. The molecular formula is C20H23NO5. The largest absolute Gasteiger partial charge is 0.494 e. The summed E-state index contributed by atoms with van der Waals surface area (Å²) >= 11 is 0. The number of nitrogens with one attached hydrogen (secondary N) is 1. The third kappa shape index (κ3) is 5.81. The Hall–Kier alpha value is -3.02. The first kappa shape index (κ1) is 19.3. The number of amides is 1. The summed E-state index contributed by atoms with van der Waals surface area (Å²) in [5.41, 5.74) is 2.63. The molecule has 0 bridgehead atoms. The Morgan fingerprint density at radius 2 is 1.46 bits per heavy atom. The Morgan fingerprint density at radius 1 is 0.885 bits per heavy atom. The highest BCUT2D eigenvalue weighted by Crippen LogP contribution is 2.19. The third-order valence-corrected chi connectivity index (χ3v) is 3.60. The molecule has 1 N–H and O–H groups in total. The summed E-state index contributed by atoms with van der Waals surface area (Å²) in [5.74, 6) is 0.239. The number of anilines is 1. The van der Waals surface area contributed by atoms with Crippen LogP contribution in [0.2, 0.25) is 0 Å². The summed E-state index contributed by atoms with van der Waals surface area (Å²) in [6.45, 7) is 5.65. The van der Waals surface area contributed by atoms with Crippen molar-refractivity contribution < 1.29 is 23.8 Å². The lowest BCUT2D eigenvalue weighted by Gasteiger charge is -2.12. The molecule has 0 aliphatic heterocycles. The molecule has 26 heavy (non-hydrogen) atoms. The van der Waals surface area contributed by atoms with Crippen LogP contribution >= 0.6 is 0 Å². The molecule has 0 radical (unpaired) electrons. The van der Waals surface area contributed by atoms with Crippen molar-refractivity contribution in [3.8, 4) is 11.5 Å². The Balaban J connectivity index is 1.75. The highest BCUT2D eigenvalue weighted by molar-refractivity contribution is 5.94. The van der Waals surface area contributed by atoms with Gasteiger partial charge in [-0.25, -0.2) is 4.79 Å². The van der Waals surface area contributed by atoms with Crippen LogP contribution in [0, 0.1) is 13.8 Å². The molecule has 2 rings (SSSR count). The lowest BCUT2D eigenvalue weighted by atomic mass is 10.1. The minimum Gasteiger partial charge on any atom is -0.494 e. The molecule has 0 aliphatic rings. The van der Waals surface area contributed by atoms with Crippen molar-refractivity contribution in [2.24, 2.45) is 0 Å². The second kappa shape index (κ2) is 9.46. The summed E-state index contributed by atoms with van der Waals surface area (Å²) in [6, 6.07) is 12.6. The van der Waals surface area contributed by atoms with Gasteiger partial charge in [-0.3, -0.25) is 4.79 Å². The molecule has 0 saturated carbocycles. The fourth-order valence-electron chi connectivity index (χ4n) is 2.32. The van der Waals surface area contributed by atoms with Gasteiger partial charge < -0.3 is 19.5 Å². The molecule has 0 atom stereocenters. The Kier molecular flexibility index (Phi) is 7.02. The van der Waals surface area contributed by atoms with Gasteiger partial charge in [-0.1, -0.05) is 18.2 Å². The maximum atomic E-state index is 12.0. The van der Waals surface area contributed by atoms with Crippen LogP contribution in [0.4, 0.5) is 5.69 Å². The zero-order valence-corrected chi connectivity index (χ0v) is 15.2. The van der Waals surface area contributed by atoms with Crippen LogP contribution in [0.3, 0.4) is 0 Å². The molecule has 2 aromatic rings. The van der Waals surface area contributed by atoms with E-state index in [0.717, 1.165) is 22.6 Å². The fourth-order valence-corrected chi connectivity index (χ4v) is 2.32. The summed E-state index contributed by atoms with van der Waals surface area (Å²) in [5, 5.41) is 2.75. The van der Waals surface area contributed by atoms with E-state index in [1.165, 1.54) is 0 Å². The molecule has 0 aromatic heterocycles. The Bertz CT molecular complexity index is 735. The number of esters is 1. The zero-order valence-electron chi connectivity index (χ0n) is 15.2. The second-order valence-corrected chi connectivity index (χ2v) is 5.67. The van der Waals surface area contributed by atoms with Crippen molar-refractivity contribution in [1.82, 2.24) is 0 Å². The van der Waals surface area contributed by atoms with Crippen LogP contribution in [-0.4, -0.2) is 31.7 Å². The molecular weight excluding hydrogens is 334 g/mol. The van der Waals surface area contributed by atoms with Crippen molar-refractivity contribution in [2.45, 2.75) is 20.8 Å². The molecule has 0 heterocycles. The van der Waals surface area contributed by atoms with Gasteiger partial charge in [0.25, 0.3) is 5.91 Å². The minimum atomic E-state index is -0.615. The van der Waals surface area contributed by atoms with Gasteiger partial charge in [0.15, 0.2) is 13.2 Å². The molecule has 0 unspecified atom stereocenters. The first-order valence-corrected chi connectivity index (χ1v) is 8.37. The van der Waals surface area contributed by atoms with E-state index in [9.17, 15) is 9.59 Å². The van der Waals surface area contributed by atoms with Gasteiger partial charge in [0.1, 0.15) is 11.5 Å². The van der Waals surface area contributed by atoms with Crippen molar-refractivity contribution >= 4 is 17.6 Å². The van der Waals surface area contributed by atoms with Gasteiger partial charge >= 0.3 is 5.97 Å².